The van der Waals surface area contributed by atoms with E-state index >= 15 is 0 Å². The molecule has 0 aliphatic carbocycles. The highest BCUT2D eigenvalue weighted by molar-refractivity contribution is 5.53. The van der Waals surface area contributed by atoms with Crippen molar-refractivity contribution in [1.82, 2.24) is 4.98 Å². The molecule has 0 fully saturated rings. The predicted molar refractivity (Wildman–Crippen MR) is 67.8 cm³/mol. The highest BCUT2D eigenvalue weighted by Crippen LogP contribution is 2.20. The number of hydrogen-bond acceptors (Lipinski definition) is 2. The Balaban J connectivity index is 2.28. The van der Waals surface area contributed by atoms with Crippen molar-refractivity contribution < 1.29 is 0 Å². The minimum atomic E-state index is 0.884. The topological polar surface area (TPSA) is 16.1 Å². The Kier molecular flexibility index (Phi) is 3.20. The number of anilines is 1. The van der Waals surface area contributed by atoms with Gasteiger partial charge >= 0.3 is 0 Å². The first kappa shape index (κ1) is 10.7. The molecule has 1 aromatic carbocycles. The van der Waals surface area contributed by atoms with E-state index in [1.807, 2.05) is 18.3 Å². The maximum Gasteiger partial charge on any atom is 0.0448 e. The molecular weight excluding hydrogens is 196 g/mol. The molecule has 0 unspecified atom stereocenters. The Labute approximate surface area is 96.6 Å². The molecule has 2 rings (SSSR count). The van der Waals surface area contributed by atoms with E-state index in [4.69, 9.17) is 0 Å². The zero-order valence-electron chi connectivity index (χ0n) is 9.72. The molecule has 2 nitrogen and oxygen atoms in total. The fourth-order valence-electron chi connectivity index (χ4n) is 1.79. The minimum Gasteiger partial charge on any atom is -0.377 e. The van der Waals surface area contributed by atoms with Crippen molar-refractivity contribution in [1.29, 1.82) is 0 Å². The van der Waals surface area contributed by atoms with Crippen LogP contribution in [0.15, 0.2) is 48.7 Å². The lowest BCUT2D eigenvalue weighted by Gasteiger charge is -2.17. The molecule has 0 saturated heterocycles. The van der Waals surface area contributed by atoms with Crippen molar-refractivity contribution in [3.63, 3.8) is 0 Å². The fraction of sp³-hybridized carbons (Fsp3) is 0.214. The van der Waals surface area contributed by atoms with Crippen LogP contribution in [0.4, 0.5) is 5.69 Å². The van der Waals surface area contributed by atoms with Gasteiger partial charge in [-0.15, -0.1) is 0 Å². The van der Waals surface area contributed by atoms with Crippen LogP contribution < -0.4 is 4.90 Å². The average molecular weight is 212 g/mol. The number of nitrogens with zero attached hydrogens (tertiary/aromatic N) is 2. The SMILES string of the molecule is CN(C)c1ccccc1Cc1ccccn1. The second-order valence-corrected chi connectivity index (χ2v) is 4.02. The van der Waals surface area contributed by atoms with E-state index in [0.29, 0.717) is 0 Å². The second-order valence-electron chi connectivity index (χ2n) is 4.02. The van der Waals surface area contributed by atoms with Crippen LogP contribution >= 0.6 is 0 Å². The Morgan fingerprint density at radius 3 is 2.44 bits per heavy atom. The van der Waals surface area contributed by atoms with E-state index in [2.05, 4.69) is 54.3 Å². The molecule has 2 heteroatoms. The summed E-state index contributed by atoms with van der Waals surface area (Å²) in [5.41, 5.74) is 3.68. The number of hydrogen-bond donors (Lipinski definition) is 0. The second kappa shape index (κ2) is 4.79. The molecule has 1 aromatic heterocycles. The molecule has 82 valence electrons. The normalized spacial score (nSPS) is 10.1. The van der Waals surface area contributed by atoms with Crippen LogP contribution in [-0.4, -0.2) is 19.1 Å². The van der Waals surface area contributed by atoms with Crippen LogP contribution in [0.2, 0.25) is 0 Å². The monoisotopic (exact) mass is 212 g/mol. The van der Waals surface area contributed by atoms with E-state index in [1.165, 1.54) is 11.3 Å². The quantitative estimate of drug-likeness (QED) is 0.777. The highest BCUT2D eigenvalue weighted by atomic mass is 15.1. The van der Waals surface area contributed by atoms with Crippen molar-refractivity contribution in [2.24, 2.45) is 0 Å². The van der Waals surface area contributed by atoms with Gasteiger partial charge < -0.3 is 4.90 Å². The van der Waals surface area contributed by atoms with E-state index < -0.39 is 0 Å². The molecule has 0 N–H and O–H groups in total. The minimum absolute atomic E-state index is 0.884. The first-order valence-corrected chi connectivity index (χ1v) is 5.42. The van der Waals surface area contributed by atoms with Crippen LogP contribution in [-0.2, 0) is 6.42 Å². The van der Waals surface area contributed by atoms with Gasteiger partial charge in [-0.2, -0.15) is 0 Å². The lowest BCUT2D eigenvalue weighted by Crippen LogP contribution is -2.11. The van der Waals surface area contributed by atoms with E-state index in [1.54, 1.807) is 0 Å². The van der Waals surface area contributed by atoms with Crippen LogP contribution in [0.25, 0.3) is 0 Å². The maximum absolute atomic E-state index is 4.36. The molecule has 1 heterocycles. The van der Waals surface area contributed by atoms with Crippen LogP contribution in [0.1, 0.15) is 11.3 Å². The summed E-state index contributed by atoms with van der Waals surface area (Å²) in [6.45, 7) is 0. The fourth-order valence-corrected chi connectivity index (χ4v) is 1.79. The van der Waals surface area contributed by atoms with E-state index in [9.17, 15) is 0 Å². The van der Waals surface area contributed by atoms with Crippen LogP contribution in [0.3, 0.4) is 0 Å². The Morgan fingerprint density at radius 2 is 1.75 bits per heavy atom. The molecule has 0 saturated carbocycles. The smallest absolute Gasteiger partial charge is 0.0448 e. The standard InChI is InChI=1S/C14H16N2/c1-16(2)14-9-4-3-7-12(14)11-13-8-5-6-10-15-13/h3-10H,11H2,1-2H3. The van der Waals surface area contributed by atoms with Crippen molar-refractivity contribution in [3.05, 3.63) is 59.9 Å². The van der Waals surface area contributed by atoms with Gasteiger partial charge in [0.1, 0.15) is 0 Å². The summed E-state index contributed by atoms with van der Waals surface area (Å²) in [6.07, 6.45) is 2.72. The number of benzene rings is 1. The summed E-state index contributed by atoms with van der Waals surface area (Å²) in [5.74, 6) is 0. The van der Waals surface area contributed by atoms with Gasteiger partial charge in [-0.05, 0) is 23.8 Å². The maximum atomic E-state index is 4.36. The third-order valence-corrected chi connectivity index (χ3v) is 2.57. The first-order valence-electron chi connectivity index (χ1n) is 5.42. The first-order chi connectivity index (χ1) is 7.77. The van der Waals surface area contributed by atoms with Crippen molar-refractivity contribution >= 4 is 5.69 Å². The zero-order chi connectivity index (χ0) is 11.4. The van der Waals surface area contributed by atoms with Crippen molar-refractivity contribution in [2.45, 2.75) is 6.42 Å². The summed E-state index contributed by atoms with van der Waals surface area (Å²) in [5, 5.41) is 0. The molecule has 0 spiro atoms. The molecule has 0 aliphatic rings. The van der Waals surface area contributed by atoms with Gasteiger partial charge in [-0.3, -0.25) is 4.98 Å². The summed E-state index contributed by atoms with van der Waals surface area (Å²) < 4.78 is 0. The Bertz CT molecular complexity index is 449. The molecule has 2 aromatic rings. The molecular formula is C14H16N2. The van der Waals surface area contributed by atoms with Crippen molar-refractivity contribution in [2.75, 3.05) is 19.0 Å². The predicted octanol–water partition coefficient (Wildman–Crippen LogP) is 2.74. The summed E-state index contributed by atoms with van der Waals surface area (Å²) in [7, 11) is 4.13. The molecule has 0 atom stereocenters. The number of para-hydroxylation sites is 1. The molecule has 16 heavy (non-hydrogen) atoms. The highest BCUT2D eigenvalue weighted by Gasteiger charge is 2.04. The van der Waals surface area contributed by atoms with Gasteiger partial charge in [-0.25, -0.2) is 0 Å². The Morgan fingerprint density at radius 1 is 1.00 bits per heavy atom. The lowest BCUT2D eigenvalue weighted by atomic mass is 10.1. The van der Waals surface area contributed by atoms with Gasteiger partial charge in [-0.1, -0.05) is 24.3 Å². The van der Waals surface area contributed by atoms with Crippen LogP contribution in [0.5, 0.6) is 0 Å². The molecule has 0 amide bonds. The van der Waals surface area contributed by atoms with E-state index in [0.717, 1.165) is 12.1 Å². The van der Waals surface area contributed by atoms with Gasteiger partial charge in [0.25, 0.3) is 0 Å². The van der Waals surface area contributed by atoms with Gasteiger partial charge in [0.05, 0.1) is 0 Å². The largest absolute Gasteiger partial charge is 0.377 e. The van der Waals surface area contributed by atoms with Gasteiger partial charge in [0.2, 0.25) is 0 Å². The van der Waals surface area contributed by atoms with E-state index in [-0.39, 0.29) is 0 Å². The lowest BCUT2D eigenvalue weighted by molar-refractivity contribution is 1.04. The number of rotatable bonds is 3. The van der Waals surface area contributed by atoms with Gasteiger partial charge in [0.15, 0.2) is 0 Å². The summed E-state index contributed by atoms with van der Waals surface area (Å²) in [4.78, 5) is 6.49. The zero-order valence-corrected chi connectivity index (χ0v) is 9.72. The molecule has 0 bridgehead atoms. The molecule has 0 radical (unpaired) electrons. The molecule has 0 aliphatic heterocycles. The third kappa shape index (κ3) is 2.40. The number of aromatic nitrogens is 1. The summed E-state index contributed by atoms with van der Waals surface area (Å²) in [6, 6.07) is 14.5. The number of pyridine rings is 1. The van der Waals surface area contributed by atoms with Crippen LogP contribution in [0, 0.1) is 0 Å². The average Bonchev–Trinajstić information content (AvgIpc) is 2.31. The third-order valence-electron chi connectivity index (χ3n) is 2.57. The van der Waals surface area contributed by atoms with Crippen molar-refractivity contribution in [3.8, 4) is 0 Å². The van der Waals surface area contributed by atoms with Gasteiger partial charge in [0, 0.05) is 38.1 Å². The summed E-state index contributed by atoms with van der Waals surface area (Å²) >= 11 is 0. The Hall–Kier alpha value is -1.83.